The highest BCUT2D eigenvalue weighted by Crippen LogP contribution is 2.39. The van der Waals surface area contributed by atoms with E-state index in [1.54, 1.807) is 0 Å². The SMILES string of the molecule is Cc1cc(C(=O)C=C(c2cc(Cl)c(Cl)c(Cl)c2)C(F)(F)F)sc1C(=O)O. The molecule has 1 N–H and O–H groups in total. The van der Waals surface area contributed by atoms with Gasteiger partial charge in [-0.05, 0) is 42.3 Å². The number of carbonyl (C=O) groups excluding carboxylic acids is 1. The molecule has 0 bridgehead atoms. The van der Waals surface area contributed by atoms with E-state index in [0.29, 0.717) is 17.4 Å². The van der Waals surface area contributed by atoms with Crippen molar-refractivity contribution in [3.63, 3.8) is 0 Å². The Hall–Kier alpha value is -1.54. The molecule has 0 unspecified atom stereocenters. The number of carboxylic acids is 1. The Labute approximate surface area is 164 Å². The van der Waals surface area contributed by atoms with Gasteiger partial charge in [0, 0.05) is 0 Å². The molecule has 3 nitrogen and oxygen atoms in total. The maximum Gasteiger partial charge on any atom is 0.417 e. The van der Waals surface area contributed by atoms with Crippen LogP contribution in [0.1, 0.15) is 30.5 Å². The molecule has 0 radical (unpaired) electrons. The van der Waals surface area contributed by atoms with Crippen molar-refractivity contribution in [2.75, 3.05) is 0 Å². The minimum atomic E-state index is -4.88. The van der Waals surface area contributed by atoms with Gasteiger partial charge in [0.1, 0.15) is 4.88 Å². The molecule has 0 saturated heterocycles. The van der Waals surface area contributed by atoms with E-state index in [1.165, 1.54) is 13.0 Å². The largest absolute Gasteiger partial charge is 0.477 e. The number of thiophene rings is 1. The van der Waals surface area contributed by atoms with Crippen molar-refractivity contribution < 1.29 is 27.9 Å². The highest BCUT2D eigenvalue weighted by Gasteiger charge is 2.36. The molecule has 26 heavy (non-hydrogen) atoms. The van der Waals surface area contributed by atoms with Gasteiger partial charge in [0.25, 0.3) is 0 Å². The number of carboxylic acid groups (broad SMARTS) is 1. The van der Waals surface area contributed by atoms with Crippen molar-refractivity contribution in [2.45, 2.75) is 13.1 Å². The molecule has 0 aliphatic rings. The third kappa shape index (κ3) is 4.40. The van der Waals surface area contributed by atoms with Crippen LogP contribution in [0.25, 0.3) is 5.57 Å². The highest BCUT2D eigenvalue weighted by atomic mass is 35.5. The van der Waals surface area contributed by atoms with Crippen LogP contribution in [0.5, 0.6) is 0 Å². The van der Waals surface area contributed by atoms with Crippen molar-refractivity contribution >= 4 is 63.5 Å². The van der Waals surface area contributed by atoms with Crippen LogP contribution < -0.4 is 0 Å². The Bertz CT molecular complexity index is 910. The first kappa shape index (κ1) is 20.8. The molecule has 1 heterocycles. The maximum absolute atomic E-state index is 13.4. The second-order valence-corrected chi connectivity index (χ2v) is 7.35. The first-order chi connectivity index (χ1) is 11.9. The smallest absolute Gasteiger partial charge is 0.417 e. The molecular formula is C16H8Cl3F3O3S. The van der Waals surface area contributed by atoms with Crippen molar-refractivity contribution in [2.24, 2.45) is 0 Å². The number of benzene rings is 1. The fourth-order valence-electron chi connectivity index (χ4n) is 2.06. The predicted molar refractivity (Wildman–Crippen MR) is 95.8 cm³/mol. The number of hydrogen-bond acceptors (Lipinski definition) is 3. The normalized spacial score (nSPS) is 12.3. The molecule has 0 saturated carbocycles. The van der Waals surface area contributed by atoms with Crippen molar-refractivity contribution in [1.29, 1.82) is 0 Å². The molecule has 138 valence electrons. The van der Waals surface area contributed by atoms with E-state index >= 15 is 0 Å². The lowest BCUT2D eigenvalue weighted by Crippen LogP contribution is -2.12. The lowest BCUT2D eigenvalue weighted by atomic mass is 10.0. The van der Waals surface area contributed by atoms with E-state index in [4.69, 9.17) is 39.9 Å². The Kier molecular flexibility index (Phi) is 6.07. The first-order valence-electron chi connectivity index (χ1n) is 6.73. The molecule has 1 aromatic carbocycles. The first-order valence-corrected chi connectivity index (χ1v) is 8.68. The predicted octanol–water partition coefficient (Wildman–Crippen LogP) is 6.54. The molecular weight excluding hydrogens is 436 g/mol. The van der Waals surface area contributed by atoms with Gasteiger partial charge in [0.2, 0.25) is 0 Å². The summed E-state index contributed by atoms with van der Waals surface area (Å²) in [6, 6.07) is 3.12. The minimum absolute atomic E-state index is 0.107. The highest BCUT2D eigenvalue weighted by molar-refractivity contribution is 7.16. The zero-order valence-electron chi connectivity index (χ0n) is 12.7. The molecule has 0 aliphatic carbocycles. The lowest BCUT2D eigenvalue weighted by Gasteiger charge is -2.13. The number of alkyl halides is 3. The number of rotatable bonds is 4. The molecule has 2 rings (SSSR count). The minimum Gasteiger partial charge on any atom is -0.477 e. The number of hydrogen-bond donors (Lipinski definition) is 1. The van der Waals surface area contributed by atoms with Crippen LogP contribution in [-0.4, -0.2) is 23.0 Å². The van der Waals surface area contributed by atoms with Crippen molar-refractivity contribution in [3.8, 4) is 0 Å². The third-order valence-corrected chi connectivity index (χ3v) is 5.67. The number of aromatic carboxylic acids is 1. The Morgan fingerprint density at radius 2 is 1.65 bits per heavy atom. The van der Waals surface area contributed by atoms with Gasteiger partial charge in [0.05, 0.1) is 25.5 Å². The standard InChI is InChI=1S/C16H8Cl3F3O3S/c1-6-2-12(26-14(6)15(24)25)11(23)5-8(16(20,21)22)7-3-9(17)13(19)10(18)4-7/h2-5H,1H3,(H,24,25). The van der Waals surface area contributed by atoms with Gasteiger partial charge >= 0.3 is 12.1 Å². The second-order valence-electron chi connectivity index (χ2n) is 5.10. The quantitative estimate of drug-likeness (QED) is 0.331. The van der Waals surface area contributed by atoms with Gasteiger partial charge in [-0.25, -0.2) is 4.79 Å². The zero-order valence-corrected chi connectivity index (χ0v) is 15.8. The molecule has 0 atom stereocenters. The topological polar surface area (TPSA) is 54.4 Å². The average molecular weight is 444 g/mol. The van der Waals surface area contributed by atoms with Crippen LogP contribution >= 0.6 is 46.1 Å². The Morgan fingerprint density at radius 1 is 1.12 bits per heavy atom. The lowest BCUT2D eigenvalue weighted by molar-refractivity contribution is -0.0689. The average Bonchev–Trinajstić information content (AvgIpc) is 2.90. The van der Waals surface area contributed by atoms with Gasteiger partial charge < -0.3 is 5.11 Å². The molecule has 0 spiro atoms. The molecule has 10 heteroatoms. The zero-order chi connectivity index (χ0) is 19.8. The van der Waals surface area contributed by atoms with Crippen LogP contribution in [0.4, 0.5) is 13.2 Å². The summed E-state index contributed by atoms with van der Waals surface area (Å²) in [5.74, 6) is -2.25. The summed E-state index contributed by atoms with van der Waals surface area (Å²) in [7, 11) is 0. The second kappa shape index (κ2) is 7.60. The molecule has 1 aromatic heterocycles. The maximum atomic E-state index is 13.4. The van der Waals surface area contributed by atoms with Crippen molar-refractivity contribution in [1.82, 2.24) is 0 Å². The molecule has 0 amide bonds. The van der Waals surface area contributed by atoms with Crippen LogP contribution in [0.2, 0.25) is 15.1 Å². The Morgan fingerprint density at radius 3 is 2.08 bits per heavy atom. The van der Waals surface area contributed by atoms with E-state index in [0.717, 1.165) is 12.1 Å². The monoisotopic (exact) mass is 442 g/mol. The molecule has 0 fully saturated rings. The summed E-state index contributed by atoms with van der Waals surface area (Å²) in [4.78, 5) is 23.0. The van der Waals surface area contributed by atoms with E-state index in [2.05, 4.69) is 0 Å². The summed E-state index contributed by atoms with van der Waals surface area (Å²) in [5, 5.41) is 8.50. The molecule has 0 aliphatic heterocycles. The van der Waals surface area contributed by atoms with E-state index in [9.17, 15) is 22.8 Å². The number of halogens is 6. The number of carbonyl (C=O) groups is 2. The van der Waals surface area contributed by atoms with Gasteiger partial charge in [-0.2, -0.15) is 13.2 Å². The van der Waals surface area contributed by atoms with E-state index < -0.39 is 29.1 Å². The summed E-state index contributed by atoms with van der Waals surface area (Å²) in [6.07, 6.45) is -4.50. The molecule has 2 aromatic rings. The van der Waals surface area contributed by atoms with Crippen molar-refractivity contribution in [3.05, 3.63) is 60.2 Å². The fraction of sp³-hybridized carbons (Fsp3) is 0.125. The Balaban J connectivity index is 2.56. The van der Waals surface area contributed by atoms with Crippen LogP contribution in [0.3, 0.4) is 0 Å². The van der Waals surface area contributed by atoms with Crippen LogP contribution in [0, 0.1) is 6.92 Å². The summed E-state index contributed by atoms with van der Waals surface area (Å²) >= 11 is 17.9. The van der Waals surface area contributed by atoms with E-state index in [1.807, 2.05) is 0 Å². The number of allylic oxidation sites excluding steroid dienone is 2. The van der Waals surface area contributed by atoms with Crippen LogP contribution in [0.15, 0.2) is 24.3 Å². The number of aryl methyl sites for hydroxylation is 1. The summed E-state index contributed by atoms with van der Waals surface area (Å²) in [6.45, 7) is 1.45. The van der Waals surface area contributed by atoms with Gasteiger partial charge in [-0.1, -0.05) is 34.8 Å². The van der Waals surface area contributed by atoms with Gasteiger partial charge in [-0.15, -0.1) is 11.3 Å². The van der Waals surface area contributed by atoms with Gasteiger partial charge in [-0.3, -0.25) is 4.79 Å². The third-order valence-electron chi connectivity index (χ3n) is 3.23. The summed E-state index contributed by atoms with van der Waals surface area (Å²) in [5.41, 5.74) is -1.42. The van der Waals surface area contributed by atoms with Gasteiger partial charge in [0.15, 0.2) is 5.78 Å². The van der Waals surface area contributed by atoms with Crippen LogP contribution in [-0.2, 0) is 0 Å². The van der Waals surface area contributed by atoms with E-state index in [-0.39, 0.29) is 30.4 Å². The number of ketones is 1. The fourth-order valence-corrected chi connectivity index (χ4v) is 3.58. The summed E-state index contributed by atoms with van der Waals surface area (Å²) < 4.78 is 40.3.